The van der Waals surface area contributed by atoms with E-state index in [1.54, 1.807) is 6.07 Å². The van der Waals surface area contributed by atoms with E-state index in [4.69, 9.17) is 12.2 Å². The average Bonchev–Trinajstić information content (AvgIpc) is 3.03. The molecular weight excluding hydrogens is 273 g/mol. The number of fused-ring (bicyclic) bond motifs is 1. The molecule has 108 valence electrons. The third-order valence-electron chi connectivity index (χ3n) is 4.36. The molecular formula is C15H20FN3S. The molecule has 3 nitrogen and oxygen atoms in total. The van der Waals surface area contributed by atoms with Gasteiger partial charge in [-0.1, -0.05) is 12.8 Å². The monoisotopic (exact) mass is 293 g/mol. The zero-order valence-corrected chi connectivity index (χ0v) is 12.5. The Hall–Kier alpha value is -1.20. The average molecular weight is 293 g/mol. The molecule has 0 aliphatic heterocycles. The first-order chi connectivity index (χ1) is 9.65. The molecule has 0 saturated heterocycles. The lowest BCUT2D eigenvalue weighted by Gasteiger charge is -2.24. The molecule has 0 radical (unpaired) electrons. The van der Waals surface area contributed by atoms with Crippen molar-refractivity contribution in [3.8, 4) is 0 Å². The van der Waals surface area contributed by atoms with E-state index in [2.05, 4.69) is 21.5 Å². The fourth-order valence-corrected chi connectivity index (χ4v) is 3.44. The molecule has 20 heavy (non-hydrogen) atoms. The van der Waals surface area contributed by atoms with Crippen molar-refractivity contribution in [2.45, 2.75) is 38.3 Å². The minimum atomic E-state index is -0.232. The van der Waals surface area contributed by atoms with Crippen LogP contribution >= 0.6 is 12.2 Å². The highest BCUT2D eigenvalue weighted by atomic mass is 32.1. The van der Waals surface area contributed by atoms with E-state index >= 15 is 0 Å². The van der Waals surface area contributed by atoms with Gasteiger partial charge >= 0.3 is 0 Å². The Morgan fingerprint density at radius 2 is 2.15 bits per heavy atom. The summed E-state index contributed by atoms with van der Waals surface area (Å²) in [6.07, 6.45) is 5.31. The largest absolute Gasteiger partial charge is 0.330 e. The Bertz CT molecular complexity index is 655. The Morgan fingerprint density at radius 1 is 1.40 bits per heavy atom. The number of imidazole rings is 1. The predicted octanol–water partition coefficient (Wildman–Crippen LogP) is 3.71. The zero-order valence-electron chi connectivity index (χ0n) is 11.7. The fourth-order valence-electron chi connectivity index (χ4n) is 3.14. The number of benzene rings is 1. The molecule has 0 spiro atoms. The van der Waals surface area contributed by atoms with Gasteiger partial charge < -0.3 is 14.5 Å². The number of aromatic nitrogens is 2. The molecule has 1 aromatic carbocycles. The number of halogens is 1. The Morgan fingerprint density at radius 3 is 2.90 bits per heavy atom. The molecule has 5 heteroatoms. The fraction of sp³-hybridized carbons (Fsp3) is 0.533. The second kappa shape index (κ2) is 5.66. The smallest absolute Gasteiger partial charge is 0.178 e. The van der Waals surface area contributed by atoms with Crippen LogP contribution in [0.25, 0.3) is 11.0 Å². The summed E-state index contributed by atoms with van der Waals surface area (Å²) in [5, 5.41) is 0. The van der Waals surface area contributed by atoms with Crippen LogP contribution in [0.1, 0.15) is 25.7 Å². The van der Waals surface area contributed by atoms with E-state index in [1.807, 2.05) is 0 Å². The summed E-state index contributed by atoms with van der Waals surface area (Å²) >= 11 is 5.35. The second-order valence-electron chi connectivity index (χ2n) is 5.66. The van der Waals surface area contributed by atoms with Gasteiger partial charge in [0.15, 0.2) is 4.77 Å². The van der Waals surface area contributed by atoms with E-state index < -0.39 is 0 Å². The number of nitrogens with one attached hydrogen (secondary N) is 1. The van der Waals surface area contributed by atoms with Crippen molar-refractivity contribution in [3.63, 3.8) is 0 Å². The van der Waals surface area contributed by atoms with Crippen LogP contribution in [0.15, 0.2) is 18.2 Å². The van der Waals surface area contributed by atoms with Gasteiger partial charge in [0.05, 0.1) is 11.0 Å². The van der Waals surface area contributed by atoms with Crippen LogP contribution in [-0.2, 0) is 6.54 Å². The number of hydrogen-bond donors (Lipinski definition) is 1. The summed E-state index contributed by atoms with van der Waals surface area (Å²) in [6, 6.07) is 5.50. The first-order valence-corrected chi connectivity index (χ1v) is 7.64. The third kappa shape index (κ3) is 2.65. The second-order valence-corrected chi connectivity index (χ2v) is 6.05. The van der Waals surface area contributed by atoms with E-state index in [-0.39, 0.29) is 5.82 Å². The molecule has 1 N–H and O–H groups in total. The normalized spacial score (nSPS) is 16.6. The summed E-state index contributed by atoms with van der Waals surface area (Å²) in [7, 11) is 2.19. The predicted molar refractivity (Wildman–Crippen MR) is 82.0 cm³/mol. The van der Waals surface area contributed by atoms with E-state index in [0.29, 0.717) is 10.8 Å². The molecule has 0 atom stereocenters. The highest BCUT2D eigenvalue weighted by molar-refractivity contribution is 7.71. The number of aromatic amines is 1. The van der Waals surface area contributed by atoms with Crippen molar-refractivity contribution in [1.82, 2.24) is 14.5 Å². The van der Waals surface area contributed by atoms with Crippen LogP contribution in [0.3, 0.4) is 0 Å². The number of hydrogen-bond acceptors (Lipinski definition) is 2. The standard InChI is InChI=1S/C15H20FN3S/c1-18(12-4-2-3-5-12)8-9-19-14-7-6-11(16)10-13(14)17-15(19)20/h6-7,10,12H,2-5,8-9H2,1H3,(H,17,20). The summed E-state index contributed by atoms with van der Waals surface area (Å²) < 4.78 is 16.0. The van der Waals surface area contributed by atoms with Crippen molar-refractivity contribution in [2.24, 2.45) is 0 Å². The first kappa shape index (κ1) is 13.8. The summed E-state index contributed by atoms with van der Waals surface area (Å²) in [6.45, 7) is 1.82. The van der Waals surface area contributed by atoms with Gasteiger partial charge in [-0.15, -0.1) is 0 Å². The van der Waals surface area contributed by atoms with Gasteiger partial charge in [0.1, 0.15) is 5.82 Å². The van der Waals surface area contributed by atoms with Crippen molar-refractivity contribution < 1.29 is 4.39 Å². The van der Waals surface area contributed by atoms with Gasteiger partial charge in [-0.3, -0.25) is 0 Å². The Labute approximate surface area is 123 Å². The molecule has 3 rings (SSSR count). The molecule has 0 amide bonds. The van der Waals surface area contributed by atoms with Crippen molar-refractivity contribution in [2.75, 3.05) is 13.6 Å². The van der Waals surface area contributed by atoms with E-state index in [9.17, 15) is 4.39 Å². The van der Waals surface area contributed by atoms with Gasteiger partial charge in [0.25, 0.3) is 0 Å². The molecule has 1 heterocycles. The van der Waals surface area contributed by atoms with Crippen molar-refractivity contribution >= 4 is 23.3 Å². The molecule has 1 saturated carbocycles. The minimum Gasteiger partial charge on any atom is -0.330 e. The first-order valence-electron chi connectivity index (χ1n) is 7.23. The van der Waals surface area contributed by atoms with Gasteiger partial charge in [-0.25, -0.2) is 4.39 Å². The van der Waals surface area contributed by atoms with Crippen LogP contribution < -0.4 is 0 Å². The van der Waals surface area contributed by atoms with E-state index in [0.717, 1.165) is 24.1 Å². The van der Waals surface area contributed by atoms with Crippen LogP contribution in [0.4, 0.5) is 4.39 Å². The quantitative estimate of drug-likeness (QED) is 0.869. The molecule has 2 aromatic rings. The summed E-state index contributed by atoms with van der Waals surface area (Å²) in [4.78, 5) is 5.51. The highest BCUT2D eigenvalue weighted by Gasteiger charge is 2.19. The van der Waals surface area contributed by atoms with Crippen LogP contribution in [0.5, 0.6) is 0 Å². The maximum absolute atomic E-state index is 13.2. The topological polar surface area (TPSA) is 24.0 Å². The lowest BCUT2D eigenvalue weighted by atomic mass is 10.2. The Kier molecular flexibility index (Phi) is 3.89. The minimum absolute atomic E-state index is 0.232. The molecule has 1 aliphatic rings. The van der Waals surface area contributed by atoms with Gasteiger partial charge in [0, 0.05) is 19.1 Å². The molecule has 1 fully saturated rings. The molecule has 0 unspecified atom stereocenters. The lowest BCUT2D eigenvalue weighted by Crippen LogP contribution is -2.32. The lowest BCUT2D eigenvalue weighted by molar-refractivity contribution is 0.237. The van der Waals surface area contributed by atoms with Crippen LogP contribution in [-0.4, -0.2) is 34.1 Å². The molecule has 0 bridgehead atoms. The van der Waals surface area contributed by atoms with Crippen molar-refractivity contribution in [1.29, 1.82) is 0 Å². The summed E-state index contributed by atoms with van der Waals surface area (Å²) in [5.41, 5.74) is 1.76. The van der Waals surface area contributed by atoms with Gasteiger partial charge in [-0.05, 0) is 50.3 Å². The zero-order chi connectivity index (χ0) is 14.1. The molecule has 1 aliphatic carbocycles. The van der Waals surface area contributed by atoms with Gasteiger partial charge in [0.2, 0.25) is 0 Å². The molecule has 1 aromatic heterocycles. The van der Waals surface area contributed by atoms with E-state index in [1.165, 1.54) is 37.8 Å². The Balaban J connectivity index is 1.77. The highest BCUT2D eigenvalue weighted by Crippen LogP contribution is 2.22. The third-order valence-corrected chi connectivity index (χ3v) is 4.68. The SMILES string of the molecule is CN(CCn1c(=S)[nH]c2cc(F)ccc21)C1CCCC1. The van der Waals surface area contributed by atoms with Crippen LogP contribution in [0, 0.1) is 10.6 Å². The number of H-pyrrole nitrogens is 1. The van der Waals surface area contributed by atoms with Gasteiger partial charge in [-0.2, -0.15) is 0 Å². The maximum Gasteiger partial charge on any atom is 0.178 e. The summed E-state index contributed by atoms with van der Waals surface area (Å²) in [5.74, 6) is -0.232. The van der Waals surface area contributed by atoms with Crippen LogP contribution in [0.2, 0.25) is 0 Å². The number of nitrogens with zero attached hydrogens (tertiary/aromatic N) is 2. The number of likely N-dealkylation sites (N-methyl/N-ethyl adjacent to an activating group) is 1. The van der Waals surface area contributed by atoms with Crippen molar-refractivity contribution in [3.05, 3.63) is 28.8 Å². The maximum atomic E-state index is 13.2. The number of rotatable bonds is 4.